The van der Waals surface area contributed by atoms with Crippen molar-refractivity contribution < 1.29 is 0 Å². The van der Waals surface area contributed by atoms with Gasteiger partial charge in [0.2, 0.25) is 0 Å². The molecule has 3 heterocycles. The van der Waals surface area contributed by atoms with Crippen LogP contribution in [0.4, 0.5) is 0 Å². The van der Waals surface area contributed by atoms with Crippen molar-refractivity contribution in [3.63, 3.8) is 0 Å². The molecule has 15 heavy (non-hydrogen) atoms. The van der Waals surface area contributed by atoms with Crippen LogP contribution >= 0.6 is 0 Å². The van der Waals surface area contributed by atoms with Gasteiger partial charge >= 0.3 is 0 Å². The fourth-order valence-electron chi connectivity index (χ4n) is 2.57. The molecule has 3 rings (SSSR count). The van der Waals surface area contributed by atoms with E-state index in [9.17, 15) is 0 Å². The highest BCUT2D eigenvalue weighted by Crippen LogP contribution is 2.23. The fraction of sp³-hybridized carbons (Fsp3) is 0.727. The Morgan fingerprint density at radius 3 is 3.07 bits per heavy atom. The molecule has 2 aliphatic heterocycles. The number of nitrogens with zero attached hydrogens (tertiary/aromatic N) is 2. The van der Waals surface area contributed by atoms with Crippen LogP contribution in [0.15, 0.2) is 12.4 Å². The van der Waals surface area contributed by atoms with Gasteiger partial charge in [-0.2, -0.15) is 5.10 Å². The van der Waals surface area contributed by atoms with Crippen LogP contribution in [0, 0.1) is 0 Å². The Morgan fingerprint density at radius 2 is 2.33 bits per heavy atom. The average molecular weight is 206 g/mol. The van der Waals surface area contributed by atoms with Crippen molar-refractivity contribution in [3.05, 3.63) is 18.0 Å². The van der Waals surface area contributed by atoms with E-state index in [-0.39, 0.29) is 0 Å². The fourth-order valence-corrected chi connectivity index (χ4v) is 2.57. The van der Waals surface area contributed by atoms with Crippen LogP contribution in [0.2, 0.25) is 0 Å². The Morgan fingerprint density at radius 1 is 1.33 bits per heavy atom. The summed E-state index contributed by atoms with van der Waals surface area (Å²) in [5.74, 6) is 0.681. The lowest BCUT2D eigenvalue weighted by molar-refractivity contribution is 0.424. The van der Waals surface area contributed by atoms with E-state index >= 15 is 0 Å². The minimum Gasteiger partial charge on any atom is -0.316 e. The van der Waals surface area contributed by atoms with Crippen LogP contribution in [-0.4, -0.2) is 29.4 Å². The average Bonchev–Trinajstić information content (AvgIpc) is 3.02. The van der Waals surface area contributed by atoms with Gasteiger partial charge < -0.3 is 5.32 Å². The Labute approximate surface area is 90.0 Å². The minimum atomic E-state index is 0.438. The van der Waals surface area contributed by atoms with E-state index in [1.165, 1.54) is 24.8 Å². The van der Waals surface area contributed by atoms with E-state index in [2.05, 4.69) is 26.6 Å². The molecule has 2 N–H and O–H groups in total. The van der Waals surface area contributed by atoms with E-state index in [4.69, 9.17) is 0 Å². The molecule has 0 radical (unpaired) electrons. The second-order valence-corrected chi connectivity index (χ2v) is 4.56. The van der Waals surface area contributed by atoms with Crippen molar-refractivity contribution in [1.82, 2.24) is 20.4 Å². The van der Waals surface area contributed by atoms with Gasteiger partial charge in [0.25, 0.3) is 0 Å². The maximum Gasteiger partial charge on any atom is 0.101 e. The maximum absolute atomic E-state index is 4.47. The Bertz CT molecular complexity index is 291. The number of nitrogens with one attached hydrogen (secondary N) is 2. The van der Waals surface area contributed by atoms with Crippen LogP contribution in [0.25, 0.3) is 0 Å². The van der Waals surface area contributed by atoms with Crippen molar-refractivity contribution >= 4 is 0 Å². The Hall–Kier alpha value is -0.870. The second-order valence-electron chi connectivity index (χ2n) is 4.56. The highest BCUT2D eigenvalue weighted by atomic mass is 15.4. The summed E-state index contributed by atoms with van der Waals surface area (Å²) in [4.78, 5) is 0. The van der Waals surface area contributed by atoms with Crippen LogP contribution in [0.1, 0.15) is 36.9 Å². The molecule has 2 aliphatic rings. The first-order chi connectivity index (χ1) is 7.43. The topological polar surface area (TPSA) is 41.9 Å². The first-order valence-electron chi connectivity index (χ1n) is 5.91. The van der Waals surface area contributed by atoms with Gasteiger partial charge in [-0.05, 0) is 37.9 Å². The van der Waals surface area contributed by atoms with E-state index in [0.717, 1.165) is 19.6 Å². The predicted octanol–water partition coefficient (Wildman–Crippen LogP) is 0.842. The van der Waals surface area contributed by atoms with Crippen molar-refractivity contribution in [1.29, 1.82) is 0 Å². The van der Waals surface area contributed by atoms with E-state index in [0.29, 0.717) is 12.1 Å². The summed E-state index contributed by atoms with van der Waals surface area (Å²) in [5.41, 5.74) is 1.40. The molecule has 1 aromatic heterocycles. The highest BCUT2D eigenvalue weighted by Gasteiger charge is 2.21. The SMILES string of the molecule is c1nn(C2CCCN2)cc1C1CCNC1. The molecule has 0 spiro atoms. The smallest absolute Gasteiger partial charge is 0.101 e. The maximum atomic E-state index is 4.47. The molecular weight excluding hydrogens is 188 g/mol. The lowest BCUT2D eigenvalue weighted by Gasteiger charge is -2.10. The molecule has 0 aliphatic carbocycles. The van der Waals surface area contributed by atoms with Gasteiger partial charge in [-0.1, -0.05) is 0 Å². The van der Waals surface area contributed by atoms with E-state index < -0.39 is 0 Å². The van der Waals surface area contributed by atoms with E-state index in [1.54, 1.807) is 0 Å². The van der Waals surface area contributed by atoms with Crippen LogP contribution in [0.5, 0.6) is 0 Å². The molecular formula is C11H18N4. The van der Waals surface area contributed by atoms with Crippen molar-refractivity contribution in [2.24, 2.45) is 0 Å². The number of aromatic nitrogens is 2. The number of hydrogen-bond donors (Lipinski definition) is 2. The summed E-state index contributed by atoms with van der Waals surface area (Å²) < 4.78 is 2.10. The van der Waals surface area contributed by atoms with Crippen LogP contribution < -0.4 is 10.6 Å². The summed E-state index contributed by atoms with van der Waals surface area (Å²) in [5, 5.41) is 11.3. The zero-order chi connectivity index (χ0) is 10.1. The van der Waals surface area contributed by atoms with Crippen molar-refractivity contribution in [3.8, 4) is 0 Å². The summed E-state index contributed by atoms with van der Waals surface area (Å²) >= 11 is 0. The molecule has 2 unspecified atom stereocenters. The summed E-state index contributed by atoms with van der Waals surface area (Å²) in [7, 11) is 0. The van der Waals surface area contributed by atoms with Gasteiger partial charge in [-0.3, -0.25) is 10.00 Å². The molecule has 82 valence electrons. The molecule has 0 amide bonds. The third-order valence-electron chi connectivity index (χ3n) is 3.51. The summed E-state index contributed by atoms with van der Waals surface area (Å²) in [6.45, 7) is 3.39. The zero-order valence-corrected chi connectivity index (χ0v) is 8.95. The third kappa shape index (κ3) is 1.79. The first-order valence-corrected chi connectivity index (χ1v) is 5.91. The standard InChI is InChI=1S/C11H18N4/c1-2-11(13-4-1)15-8-10(7-14-15)9-3-5-12-6-9/h7-9,11-13H,1-6H2. The Kier molecular flexibility index (Phi) is 2.46. The largest absolute Gasteiger partial charge is 0.316 e. The zero-order valence-electron chi connectivity index (χ0n) is 8.95. The number of hydrogen-bond acceptors (Lipinski definition) is 3. The van der Waals surface area contributed by atoms with Gasteiger partial charge in [0, 0.05) is 18.7 Å². The summed E-state index contributed by atoms with van der Waals surface area (Å²) in [6, 6.07) is 0. The van der Waals surface area contributed by atoms with Crippen LogP contribution in [-0.2, 0) is 0 Å². The Balaban J connectivity index is 1.74. The van der Waals surface area contributed by atoms with Gasteiger partial charge in [0.05, 0.1) is 6.20 Å². The monoisotopic (exact) mass is 206 g/mol. The molecule has 2 atom stereocenters. The highest BCUT2D eigenvalue weighted by molar-refractivity contribution is 5.14. The van der Waals surface area contributed by atoms with E-state index in [1.807, 2.05) is 6.20 Å². The van der Waals surface area contributed by atoms with Gasteiger partial charge in [0.15, 0.2) is 0 Å². The molecule has 0 saturated carbocycles. The quantitative estimate of drug-likeness (QED) is 0.753. The molecule has 2 fully saturated rings. The minimum absolute atomic E-state index is 0.438. The normalized spacial score (nSPS) is 31.2. The molecule has 4 nitrogen and oxygen atoms in total. The van der Waals surface area contributed by atoms with Gasteiger partial charge in [-0.15, -0.1) is 0 Å². The summed E-state index contributed by atoms with van der Waals surface area (Å²) in [6.07, 6.45) is 8.44. The lowest BCUT2D eigenvalue weighted by Crippen LogP contribution is -2.20. The molecule has 0 bridgehead atoms. The first kappa shape index (κ1) is 9.36. The molecule has 1 aromatic rings. The molecule has 4 heteroatoms. The van der Waals surface area contributed by atoms with Crippen molar-refractivity contribution in [2.45, 2.75) is 31.3 Å². The number of rotatable bonds is 2. The predicted molar refractivity (Wildman–Crippen MR) is 58.7 cm³/mol. The second kappa shape index (κ2) is 3.94. The van der Waals surface area contributed by atoms with Crippen LogP contribution in [0.3, 0.4) is 0 Å². The lowest BCUT2D eigenvalue weighted by atomic mass is 10.0. The van der Waals surface area contributed by atoms with Crippen molar-refractivity contribution in [2.75, 3.05) is 19.6 Å². The third-order valence-corrected chi connectivity index (χ3v) is 3.51. The molecule has 2 saturated heterocycles. The van der Waals surface area contributed by atoms with Gasteiger partial charge in [0.1, 0.15) is 6.17 Å². The molecule has 0 aromatic carbocycles. The van der Waals surface area contributed by atoms with Gasteiger partial charge in [-0.25, -0.2) is 0 Å².